The summed E-state index contributed by atoms with van der Waals surface area (Å²) < 4.78 is 39.4. The van der Waals surface area contributed by atoms with Crippen LogP contribution in [0.2, 0.25) is 0 Å². The molecule has 2 aromatic rings. The molecule has 4 nitrogen and oxygen atoms in total. The summed E-state index contributed by atoms with van der Waals surface area (Å²) in [6, 6.07) is 2.40. The molecule has 1 atom stereocenters. The molecule has 0 fully saturated rings. The predicted molar refractivity (Wildman–Crippen MR) is 73.5 cm³/mol. The number of nitrogens with two attached hydrogens (primary N) is 1. The van der Waals surface area contributed by atoms with Gasteiger partial charge in [0.25, 0.3) is 0 Å². The minimum atomic E-state index is -4.46. The number of fused-ring (bicyclic) bond motifs is 1. The van der Waals surface area contributed by atoms with Gasteiger partial charge in [0.15, 0.2) is 0 Å². The van der Waals surface area contributed by atoms with Crippen molar-refractivity contribution in [3.8, 4) is 5.69 Å². The molecule has 0 bridgehead atoms. The molecule has 0 saturated heterocycles. The summed E-state index contributed by atoms with van der Waals surface area (Å²) in [6.07, 6.45) is 1.04. The first-order valence-electron chi connectivity index (χ1n) is 6.33. The van der Waals surface area contributed by atoms with E-state index in [1.165, 1.54) is 10.7 Å². The summed E-state index contributed by atoms with van der Waals surface area (Å²) in [5.74, 6) is 0. The highest BCUT2D eigenvalue weighted by atomic mass is 35.5. The average Bonchev–Trinajstić information content (AvgIpc) is 2.83. The van der Waals surface area contributed by atoms with E-state index in [2.05, 4.69) is 10.1 Å². The van der Waals surface area contributed by atoms with E-state index in [9.17, 15) is 13.2 Å². The lowest BCUT2D eigenvalue weighted by molar-refractivity contribution is -0.141. The number of pyridine rings is 1. The number of alkyl halides is 3. The van der Waals surface area contributed by atoms with Gasteiger partial charge in [-0.05, 0) is 31.4 Å². The Morgan fingerprint density at radius 2 is 2.10 bits per heavy atom. The summed E-state index contributed by atoms with van der Waals surface area (Å²) in [5.41, 5.74) is 7.20. The maximum atomic E-state index is 12.7. The molecule has 0 amide bonds. The third-order valence-electron chi connectivity index (χ3n) is 3.45. The van der Waals surface area contributed by atoms with Gasteiger partial charge in [-0.2, -0.15) is 18.3 Å². The zero-order chi connectivity index (χ0) is 14.3. The second-order valence-electron chi connectivity index (χ2n) is 4.87. The van der Waals surface area contributed by atoms with Crippen molar-refractivity contribution in [3.63, 3.8) is 0 Å². The standard InChI is InChI=1S/C13H13F3N4.ClH/c14-13(15,16)12-6-8(4-5-18-12)20-7-9-10(17)2-1-3-11(9)19-20;/h4-7,10H,1-3,17H2;1H/t10-;/m0./s1. The van der Waals surface area contributed by atoms with Gasteiger partial charge in [-0.15, -0.1) is 12.4 Å². The summed E-state index contributed by atoms with van der Waals surface area (Å²) >= 11 is 0. The van der Waals surface area contributed by atoms with Crippen LogP contribution in [0.1, 0.15) is 35.8 Å². The van der Waals surface area contributed by atoms with Crippen LogP contribution in [0.5, 0.6) is 0 Å². The second-order valence-corrected chi connectivity index (χ2v) is 4.87. The number of halogens is 4. The van der Waals surface area contributed by atoms with Crippen LogP contribution in [0.4, 0.5) is 13.2 Å². The number of rotatable bonds is 1. The molecule has 0 aromatic carbocycles. The zero-order valence-corrected chi connectivity index (χ0v) is 11.8. The van der Waals surface area contributed by atoms with Crippen LogP contribution in [0.15, 0.2) is 24.5 Å². The number of aryl methyl sites for hydroxylation is 1. The van der Waals surface area contributed by atoms with Gasteiger partial charge in [-0.1, -0.05) is 0 Å². The van der Waals surface area contributed by atoms with Crippen LogP contribution in [0, 0.1) is 0 Å². The molecular weight excluding hydrogens is 305 g/mol. The first-order chi connectivity index (χ1) is 9.45. The van der Waals surface area contributed by atoms with Gasteiger partial charge in [-0.3, -0.25) is 4.98 Å². The first kappa shape index (κ1) is 15.8. The third kappa shape index (κ3) is 3.03. The molecular formula is C13H14ClF3N4. The van der Waals surface area contributed by atoms with Crippen molar-refractivity contribution in [1.82, 2.24) is 14.8 Å². The van der Waals surface area contributed by atoms with E-state index in [1.54, 1.807) is 6.20 Å². The van der Waals surface area contributed by atoms with Crippen molar-refractivity contribution in [2.75, 3.05) is 0 Å². The lowest BCUT2D eigenvalue weighted by Crippen LogP contribution is -2.15. The lowest BCUT2D eigenvalue weighted by Gasteiger charge is -2.15. The summed E-state index contributed by atoms with van der Waals surface area (Å²) in [4.78, 5) is 3.34. The molecule has 3 rings (SSSR count). The molecule has 0 saturated carbocycles. The van der Waals surface area contributed by atoms with Gasteiger partial charge in [0.05, 0.1) is 11.4 Å². The maximum absolute atomic E-state index is 12.7. The molecule has 0 aliphatic heterocycles. The van der Waals surface area contributed by atoms with Crippen LogP contribution < -0.4 is 5.73 Å². The fraction of sp³-hybridized carbons (Fsp3) is 0.385. The monoisotopic (exact) mass is 318 g/mol. The quantitative estimate of drug-likeness (QED) is 0.879. The lowest BCUT2D eigenvalue weighted by atomic mass is 9.94. The molecule has 2 heterocycles. The highest BCUT2D eigenvalue weighted by molar-refractivity contribution is 5.85. The molecule has 114 valence electrons. The highest BCUT2D eigenvalue weighted by Gasteiger charge is 2.32. The Morgan fingerprint density at radius 1 is 1.33 bits per heavy atom. The summed E-state index contributed by atoms with van der Waals surface area (Å²) in [5, 5.41) is 4.34. The van der Waals surface area contributed by atoms with Gasteiger partial charge < -0.3 is 5.73 Å². The molecule has 2 aromatic heterocycles. The summed E-state index contributed by atoms with van der Waals surface area (Å²) in [7, 11) is 0. The van der Waals surface area contributed by atoms with Crippen LogP contribution >= 0.6 is 12.4 Å². The average molecular weight is 319 g/mol. The SMILES string of the molecule is Cl.N[C@H]1CCCc2nn(-c3ccnc(C(F)(F)F)c3)cc21. The highest BCUT2D eigenvalue weighted by Crippen LogP contribution is 2.30. The largest absolute Gasteiger partial charge is 0.433 e. The minimum absolute atomic E-state index is 0. The number of hydrogen-bond donors (Lipinski definition) is 1. The molecule has 1 aliphatic carbocycles. The third-order valence-corrected chi connectivity index (χ3v) is 3.45. The van der Waals surface area contributed by atoms with E-state index < -0.39 is 11.9 Å². The van der Waals surface area contributed by atoms with E-state index in [1.807, 2.05) is 0 Å². The second kappa shape index (κ2) is 5.65. The van der Waals surface area contributed by atoms with Crippen LogP contribution in [-0.4, -0.2) is 14.8 Å². The topological polar surface area (TPSA) is 56.7 Å². The Balaban J connectivity index is 0.00000161. The van der Waals surface area contributed by atoms with Crippen molar-refractivity contribution in [1.29, 1.82) is 0 Å². The van der Waals surface area contributed by atoms with E-state index in [0.717, 1.165) is 42.8 Å². The molecule has 1 aliphatic rings. The number of hydrogen-bond acceptors (Lipinski definition) is 3. The van der Waals surface area contributed by atoms with Crippen LogP contribution in [0.25, 0.3) is 5.69 Å². The molecule has 0 unspecified atom stereocenters. The van der Waals surface area contributed by atoms with Crippen molar-refractivity contribution < 1.29 is 13.2 Å². The first-order valence-corrected chi connectivity index (χ1v) is 6.33. The van der Waals surface area contributed by atoms with Gasteiger partial charge >= 0.3 is 6.18 Å². The Morgan fingerprint density at radius 3 is 2.76 bits per heavy atom. The normalized spacial score (nSPS) is 18.0. The van der Waals surface area contributed by atoms with Crippen molar-refractivity contribution >= 4 is 12.4 Å². The van der Waals surface area contributed by atoms with E-state index in [4.69, 9.17) is 5.73 Å². The zero-order valence-electron chi connectivity index (χ0n) is 11.0. The fourth-order valence-electron chi connectivity index (χ4n) is 2.42. The molecule has 8 heteroatoms. The van der Waals surface area contributed by atoms with Gasteiger partial charge in [-0.25, -0.2) is 4.68 Å². The molecule has 0 spiro atoms. The Bertz CT molecular complexity index is 639. The predicted octanol–water partition coefficient (Wildman–Crippen LogP) is 3.04. The molecule has 21 heavy (non-hydrogen) atoms. The number of aromatic nitrogens is 3. The van der Waals surface area contributed by atoms with E-state index in [-0.39, 0.29) is 18.4 Å². The van der Waals surface area contributed by atoms with Crippen LogP contribution in [0.3, 0.4) is 0 Å². The smallest absolute Gasteiger partial charge is 0.324 e. The van der Waals surface area contributed by atoms with Gasteiger partial charge in [0, 0.05) is 24.0 Å². The Hall–Kier alpha value is -1.60. The van der Waals surface area contributed by atoms with Crippen LogP contribution in [-0.2, 0) is 12.6 Å². The van der Waals surface area contributed by atoms with Crippen molar-refractivity contribution in [2.45, 2.75) is 31.5 Å². The minimum Gasteiger partial charge on any atom is -0.324 e. The summed E-state index contributed by atoms with van der Waals surface area (Å²) in [6.45, 7) is 0. The van der Waals surface area contributed by atoms with Crippen molar-refractivity contribution in [3.05, 3.63) is 41.5 Å². The fourth-order valence-corrected chi connectivity index (χ4v) is 2.42. The van der Waals surface area contributed by atoms with E-state index in [0.29, 0.717) is 5.69 Å². The van der Waals surface area contributed by atoms with E-state index >= 15 is 0 Å². The van der Waals surface area contributed by atoms with Gasteiger partial charge in [0.1, 0.15) is 5.69 Å². The van der Waals surface area contributed by atoms with Gasteiger partial charge in [0.2, 0.25) is 0 Å². The van der Waals surface area contributed by atoms with Crippen molar-refractivity contribution in [2.24, 2.45) is 5.73 Å². The maximum Gasteiger partial charge on any atom is 0.433 e. The number of nitrogens with zero attached hydrogens (tertiary/aromatic N) is 3. The Kier molecular flexibility index (Phi) is 4.25. The Labute approximate surface area is 125 Å². The molecule has 0 radical (unpaired) electrons. The molecule has 2 N–H and O–H groups in total.